The van der Waals surface area contributed by atoms with Gasteiger partial charge in [-0.15, -0.1) is 34.0 Å². The number of benzene rings is 9. The molecular formula is C116H134BBrCl3N11O15S3. The van der Waals surface area contributed by atoms with Gasteiger partial charge in [-0.3, -0.25) is 14.0 Å². The molecule has 1 saturated carbocycles. The van der Waals surface area contributed by atoms with Gasteiger partial charge in [0.05, 0.1) is 112 Å². The molecule has 2 amide bonds. The van der Waals surface area contributed by atoms with Gasteiger partial charge < -0.3 is 57.0 Å². The molecule has 0 spiro atoms. The first-order valence-electron chi connectivity index (χ1n) is 51.0. The van der Waals surface area contributed by atoms with Gasteiger partial charge in [-0.05, 0) is 338 Å². The second kappa shape index (κ2) is 44.0. The molecule has 9 heterocycles. The highest BCUT2D eigenvalue weighted by Crippen LogP contribution is 2.52. The van der Waals surface area contributed by atoms with Gasteiger partial charge in [0.25, 0.3) is 0 Å². The van der Waals surface area contributed by atoms with Gasteiger partial charge in [-0.2, -0.15) is 15.3 Å². The highest BCUT2D eigenvalue weighted by atomic mass is 79.9. The molecule has 0 unspecified atom stereocenters. The van der Waals surface area contributed by atoms with E-state index in [-0.39, 0.29) is 55.0 Å². The van der Waals surface area contributed by atoms with Gasteiger partial charge in [0.2, 0.25) is 0 Å². The molecule has 19 rings (SSSR count). The van der Waals surface area contributed by atoms with Crippen LogP contribution in [-0.2, 0) is 82.7 Å². The molecule has 3 aliphatic heterocycles. The number of aryl methyl sites for hydroxylation is 6. The Balaban J connectivity index is 0.000000146. The van der Waals surface area contributed by atoms with Crippen LogP contribution >= 0.6 is 84.7 Å². The zero-order valence-electron chi connectivity index (χ0n) is 90.7. The van der Waals surface area contributed by atoms with Crippen LogP contribution < -0.4 is 5.46 Å². The second-order valence-electron chi connectivity index (χ2n) is 44.8. The number of amides is 2. The Kier molecular flexibility index (Phi) is 32.8. The molecule has 4 fully saturated rings. The number of carbonyl (C=O) groups excluding carboxylic acids is 5. The van der Waals surface area contributed by atoms with E-state index in [1.807, 2.05) is 258 Å². The van der Waals surface area contributed by atoms with E-state index in [0.717, 1.165) is 167 Å². The molecule has 0 radical (unpaired) electrons. The molecule has 15 aromatic rings. The smallest absolute Gasteiger partial charge is 0.464 e. The lowest BCUT2D eigenvalue weighted by atomic mass is 9.78. The lowest BCUT2D eigenvalue weighted by Crippen LogP contribution is -2.50. The van der Waals surface area contributed by atoms with Crippen LogP contribution in [0.1, 0.15) is 258 Å². The summed E-state index contributed by atoms with van der Waals surface area (Å²) in [5.74, 6) is -0.413. The molecule has 34 heteroatoms. The number of esters is 3. The van der Waals surface area contributed by atoms with E-state index >= 15 is 0 Å². The van der Waals surface area contributed by atoms with Crippen LogP contribution in [0.4, 0.5) is 9.59 Å². The number of ether oxygens (including phenoxy) is 8. The van der Waals surface area contributed by atoms with E-state index in [1.54, 1.807) is 46.3 Å². The fourth-order valence-electron chi connectivity index (χ4n) is 19.1. The third-order valence-corrected chi connectivity index (χ3v) is 31.4. The molecule has 26 nitrogen and oxygen atoms in total. The van der Waals surface area contributed by atoms with Crippen LogP contribution in [-0.4, -0.2) is 177 Å². The number of fused-ring (bicyclic) bond motifs is 6. The number of halogens is 4. The summed E-state index contributed by atoms with van der Waals surface area (Å²) in [5, 5.41) is 21.5. The van der Waals surface area contributed by atoms with Gasteiger partial charge in [0.1, 0.15) is 21.2 Å². The number of likely N-dealkylation sites (tertiary alicyclic amines) is 2. The van der Waals surface area contributed by atoms with Gasteiger partial charge in [-0.1, -0.05) is 89.8 Å². The van der Waals surface area contributed by atoms with Crippen LogP contribution in [0.2, 0.25) is 15.1 Å². The van der Waals surface area contributed by atoms with Gasteiger partial charge in [-0.25, -0.2) is 38.9 Å². The third-order valence-electron chi connectivity index (χ3n) is 26.9. The molecule has 4 aliphatic rings. The summed E-state index contributed by atoms with van der Waals surface area (Å²) in [7, 11) is 5.50. The van der Waals surface area contributed by atoms with Crippen molar-refractivity contribution < 1.29 is 71.2 Å². The molecule has 3 atom stereocenters. The number of hydrogen-bond donors (Lipinski definition) is 0. The average Bonchev–Trinajstić information content (AvgIpc) is 1.53. The van der Waals surface area contributed by atoms with Crippen LogP contribution in [0.25, 0.3) is 118 Å². The highest BCUT2D eigenvalue weighted by Gasteiger charge is 2.52. The van der Waals surface area contributed by atoms with Crippen LogP contribution in [0.5, 0.6) is 0 Å². The maximum absolute atomic E-state index is 13.5. The van der Waals surface area contributed by atoms with Gasteiger partial charge in [0.15, 0.2) is 22.2 Å². The van der Waals surface area contributed by atoms with Gasteiger partial charge in [0, 0.05) is 141 Å². The largest absolute Gasteiger partial charge is 0.494 e. The van der Waals surface area contributed by atoms with Crippen molar-refractivity contribution in [3.8, 4) is 54.5 Å². The molecule has 1 aliphatic carbocycles. The average molecular weight is 2220 g/mol. The topological polar surface area (TPSA) is 276 Å². The lowest BCUT2D eigenvalue weighted by molar-refractivity contribution is -0.167. The number of thiazole rings is 3. The van der Waals surface area contributed by atoms with E-state index in [1.165, 1.54) is 41.7 Å². The van der Waals surface area contributed by atoms with Crippen LogP contribution in [0, 0.1) is 20.8 Å². The Morgan fingerprint density at radius 2 is 0.713 bits per heavy atom. The summed E-state index contributed by atoms with van der Waals surface area (Å²) in [5.41, 5.74) is 19.0. The number of carbonyl (C=O) groups is 5. The molecule has 6 aromatic heterocycles. The van der Waals surface area contributed by atoms with E-state index in [0.29, 0.717) is 47.2 Å². The second-order valence-corrected chi connectivity index (χ2v) is 50.3. The Morgan fingerprint density at radius 3 is 1.02 bits per heavy atom. The molecule has 0 bridgehead atoms. The summed E-state index contributed by atoms with van der Waals surface area (Å²) in [6.45, 7) is 51.4. The zero-order valence-corrected chi connectivity index (χ0v) is 97.1. The summed E-state index contributed by atoms with van der Waals surface area (Å²) < 4.78 is 68.5. The Hall–Kier alpha value is -10.8. The molecule has 3 saturated heterocycles. The van der Waals surface area contributed by atoms with Crippen molar-refractivity contribution in [3.05, 3.63) is 215 Å². The normalized spacial score (nSPS) is 15.7. The Morgan fingerprint density at radius 1 is 0.413 bits per heavy atom. The molecule has 0 N–H and O–H groups in total. The summed E-state index contributed by atoms with van der Waals surface area (Å²) in [6.07, 6.45) is 0.386. The third kappa shape index (κ3) is 24.7. The monoisotopic (exact) mass is 2210 g/mol. The van der Waals surface area contributed by atoms with E-state index in [4.69, 9.17) is 107 Å². The highest BCUT2D eigenvalue weighted by molar-refractivity contribution is 9.11. The Bertz CT molecular complexity index is 7600. The number of rotatable bonds is 21. The minimum atomic E-state index is -0.947. The van der Waals surface area contributed by atoms with Crippen molar-refractivity contribution in [1.82, 2.24) is 54.1 Å². The van der Waals surface area contributed by atoms with Crippen molar-refractivity contribution in [2.75, 3.05) is 46.0 Å². The summed E-state index contributed by atoms with van der Waals surface area (Å²) in [6, 6.07) is 48.1. The molecule has 792 valence electrons. The van der Waals surface area contributed by atoms with Crippen molar-refractivity contribution in [2.45, 2.75) is 268 Å². The first-order chi connectivity index (χ1) is 70.4. The van der Waals surface area contributed by atoms with Crippen molar-refractivity contribution in [2.24, 2.45) is 21.1 Å². The standard InChI is InChI=1S/C38H43ClN4O5S.C34H36ClN3O3S.C22H32BN3O4.C22H23BrClNO3S/c1-10-46-35(44)32(47-37(3,4)5)29-21(2)17-27-33(30(29)22-11-14-25(39)15-12-22)49-34(40-27)23-13-16-28-26(18-23)31(41-42(28)9)24-19-43(20-24)36(45)48-38(6,7)8;1-7-40-33(39)30(41-34(3,4)5)27-19(2)17-25-31(28(27)20-11-14-23(35)15-12-20)42-32(36-25)22-13-16-26-24(18-22)29(37-38(26)6)21-9-8-10-21;1-20(2,3)28-19(27)26-12-14(13-26)18-16-11-15(9-10-17(16)25(8)24-18)23-29-21(4,5)22(6,7)30-23;1-6-27-20(26)18(28-22(3,4)5)16-12(2)11-15-19(29-21(23)25-15)17(16)13-7-9-14(24)10-8-13/h11-18,24,32H,10,19-20H2,1-9H3;11-18,21,30H,7-10H2,1-6H3;9-11,14H,12-13H2,1-8H3;7-11,18H,6H2,1-5H3/t32-;30-;;18-/m00.0/s1. The van der Waals surface area contributed by atoms with Crippen LogP contribution in [0.3, 0.4) is 0 Å². The summed E-state index contributed by atoms with van der Waals surface area (Å²) in [4.78, 5) is 83.1. The number of nitrogens with zero attached hydrogens (tertiary/aromatic N) is 11. The van der Waals surface area contributed by atoms with Crippen molar-refractivity contribution in [1.29, 1.82) is 0 Å². The van der Waals surface area contributed by atoms with Gasteiger partial charge >= 0.3 is 37.2 Å². The first-order valence-corrected chi connectivity index (χ1v) is 55.3. The van der Waals surface area contributed by atoms with Crippen molar-refractivity contribution in [3.63, 3.8) is 0 Å². The van der Waals surface area contributed by atoms with E-state index in [2.05, 4.69) is 103 Å². The first kappa shape index (κ1) is 112. The maximum Gasteiger partial charge on any atom is 0.494 e. The fourth-order valence-corrected chi connectivity index (χ4v) is 23.2. The minimum Gasteiger partial charge on any atom is -0.464 e. The molecule has 150 heavy (non-hydrogen) atoms. The Labute approximate surface area is 913 Å². The molecular weight excluding hydrogens is 2080 g/mol. The van der Waals surface area contributed by atoms with E-state index < -0.39 is 71.3 Å². The summed E-state index contributed by atoms with van der Waals surface area (Å²) >= 11 is 27.0. The maximum atomic E-state index is 13.5. The van der Waals surface area contributed by atoms with E-state index in [9.17, 15) is 24.0 Å². The number of aromatic nitrogens is 9. The van der Waals surface area contributed by atoms with Crippen molar-refractivity contribution >= 4 is 191 Å². The number of hydrogen-bond acceptors (Lipinski definition) is 24. The zero-order chi connectivity index (χ0) is 109. The lowest BCUT2D eigenvalue weighted by Gasteiger charge is -2.39. The predicted octanol–water partition coefficient (Wildman–Crippen LogP) is 28.7. The molecule has 9 aromatic carbocycles. The fraction of sp³-hybridized carbons (Fsp3) is 0.440. The predicted molar refractivity (Wildman–Crippen MR) is 606 cm³/mol. The quantitative estimate of drug-likeness (QED) is 0.0367. The van der Waals surface area contributed by atoms with Crippen LogP contribution in [0.15, 0.2) is 150 Å². The SMILES string of the molecule is CCOC(=O)[C@@H](OC(C)(C)C)c1c(C)cc2nc(-c3ccc4c(c3)c(C3CCC3)nn4C)sc2c1-c1ccc(Cl)cc1.CCOC(=O)[C@@H](OC(C)(C)C)c1c(C)cc2nc(-c3ccc4c(c3)c(C3CN(C(=O)OC(C)(C)C)C3)nn4C)sc2c1-c1ccc(Cl)cc1.CCOC(=O)[C@@H](OC(C)(C)C)c1c(C)cc2nc(Br)sc2c1-c1ccc(Cl)cc1.Cn1nc(C2CN(C(=O)OC(C)(C)C)C2)c2cc(B3OC(C)(C)C(C)(C)O3)ccc21. The minimum absolute atomic E-state index is 0.103.